The van der Waals surface area contributed by atoms with E-state index in [0.717, 1.165) is 12.8 Å². The van der Waals surface area contributed by atoms with E-state index in [1.54, 1.807) is 0 Å². The van der Waals surface area contributed by atoms with Crippen molar-refractivity contribution in [3.8, 4) is 0 Å². The van der Waals surface area contributed by atoms with E-state index in [9.17, 15) is 15.3 Å². The van der Waals surface area contributed by atoms with Crippen molar-refractivity contribution in [2.45, 2.75) is 128 Å². The van der Waals surface area contributed by atoms with Gasteiger partial charge in [0, 0.05) is 6.61 Å². The normalized spacial score (nSPS) is 24.7. The van der Waals surface area contributed by atoms with E-state index in [-0.39, 0.29) is 13.2 Å². The van der Waals surface area contributed by atoms with Crippen LogP contribution in [0.15, 0.2) is 12.2 Å². The maximum Gasteiger partial charge on any atom is 0.114 e. The summed E-state index contributed by atoms with van der Waals surface area (Å²) in [6, 6.07) is 0. The fourth-order valence-corrected chi connectivity index (χ4v) is 4.09. The Balaban J connectivity index is 1.82. The SMILES string of the molecule is C/C=C/CCCCCCCCCCCCCCCCO[C@@H]1[C@@H](O)[C@H](O)CO[C@H]1CO. The molecular weight excluding hydrogens is 380 g/mol. The largest absolute Gasteiger partial charge is 0.394 e. The first-order chi connectivity index (χ1) is 14.7. The van der Waals surface area contributed by atoms with Gasteiger partial charge in [0.2, 0.25) is 0 Å². The molecule has 178 valence electrons. The molecule has 1 aliphatic heterocycles. The molecule has 0 amide bonds. The second-order valence-corrected chi connectivity index (χ2v) is 8.76. The molecule has 1 rings (SSSR count). The minimum Gasteiger partial charge on any atom is -0.394 e. The minimum absolute atomic E-state index is 0.0450. The van der Waals surface area contributed by atoms with Crippen LogP contribution in [0.1, 0.15) is 103 Å². The summed E-state index contributed by atoms with van der Waals surface area (Å²) in [5.41, 5.74) is 0. The number of hydrogen-bond donors (Lipinski definition) is 3. The molecule has 1 saturated heterocycles. The van der Waals surface area contributed by atoms with Gasteiger partial charge in [-0.2, -0.15) is 0 Å². The number of aliphatic hydroxyl groups is 3. The lowest BCUT2D eigenvalue weighted by Crippen LogP contribution is -2.55. The summed E-state index contributed by atoms with van der Waals surface area (Å²) in [4.78, 5) is 0. The fourth-order valence-electron chi connectivity index (χ4n) is 4.09. The molecule has 5 heteroatoms. The Labute approximate surface area is 184 Å². The van der Waals surface area contributed by atoms with Gasteiger partial charge in [0.05, 0.1) is 13.2 Å². The molecule has 0 aromatic heterocycles. The highest BCUT2D eigenvalue weighted by molar-refractivity contribution is 4.87. The Kier molecular flexibility index (Phi) is 17.7. The number of aliphatic hydroxyl groups excluding tert-OH is 3. The van der Waals surface area contributed by atoms with Gasteiger partial charge in [0.15, 0.2) is 0 Å². The molecule has 0 aliphatic carbocycles. The molecule has 5 nitrogen and oxygen atoms in total. The van der Waals surface area contributed by atoms with Crippen LogP contribution in [-0.2, 0) is 9.47 Å². The van der Waals surface area contributed by atoms with Gasteiger partial charge in [-0.15, -0.1) is 0 Å². The van der Waals surface area contributed by atoms with E-state index in [1.165, 1.54) is 83.5 Å². The van der Waals surface area contributed by atoms with E-state index >= 15 is 0 Å². The zero-order chi connectivity index (χ0) is 21.9. The summed E-state index contributed by atoms with van der Waals surface area (Å²) in [5, 5.41) is 29.0. The second-order valence-electron chi connectivity index (χ2n) is 8.76. The van der Waals surface area contributed by atoms with Crippen LogP contribution in [0.3, 0.4) is 0 Å². The van der Waals surface area contributed by atoms with Crippen LogP contribution in [0.5, 0.6) is 0 Å². The predicted octanol–water partition coefficient (Wildman–Crippen LogP) is 4.91. The fraction of sp³-hybridized carbons (Fsp3) is 0.920. The molecule has 0 spiro atoms. The molecule has 1 aliphatic rings. The van der Waals surface area contributed by atoms with Crippen LogP contribution in [0, 0.1) is 0 Å². The third-order valence-electron chi connectivity index (χ3n) is 6.07. The Hall–Kier alpha value is -0.460. The first-order valence-corrected chi connectivity index (χ1v) is 12.5. The lowest BCUT2D eigenvalue weighted by atomic mass is 10.0. The third-order valence-corrected chi connectivity index (χ3v) is 6.07. The monoisotopic (exact) mass is 428 g/mol. The van der Waals surface area contributed by atoms with Crippen molar-refractivity contribution >= 4 is 0 Å². The summed E-state index contributed by atoms with van der Waals surface area (Å²) < 4.78 is 11.0. The molecule has 30 heavy (non-hydrogen) atoms. The molecule has 1 heterocycles. The van der Waals surface area contributed by atoms with E-state index in [0.29, 0.717) is 6.61 Å². The molecule has 0 saturated carbocycles. The minimum atomic E-state index is -0.987. The molecule has 4 atom stereocenters. The molecule has 0 aromatic rings. The number of rotatable bonds is 19. The highest BCUT2D eigenvalue weighted by Crippen LogP contribution is 2.19. The van der Waals surface area contributed by atoms with Crippen LogP contribution >= 0.6 is 0 Å². The van der Waals surface area contributed by atoms with Gasteiger partial charge < -0.3 is 24.8 Å². The molecular formula is C25H48O5. The Morgan fingerprint density at radius 1 is 0.800 bits per heavy atom. The Morgan fingerprint density at radius 3 is 1.80 bits per heavy atom. The maximum atomic E-state index is 10.0. The van der Waals surface area contributed by atoms with Crippen LogP contribution in [0.25, 0.3) is 0 Å². The van der Waals surface area contributed by atoms with E-state index in [4.69, 9.17) is 9.47 Å². The molecule has 0 unspecified atom stereocenters. The van der Waals surface area contributed by atoms with E-state index in [1.807, 2.05) is 0 Å². The van der Waals surface area contributed by atoms with Gasteiger partial charge >= 0.3 is 0 Å². The van der Waals surface area contributed by atoms with Crippen LogP contribution in [0.4, 0.5) is 0 Å². The van der Waals surface area contributed by atoms with Gasteiger partial charge in [0.25, 0.3) is 0 Å². The van der Waals surface area contributed by atoms with Gasteiger partial charge in [-0.1, -0.05) is 89.2 Å². The van der Waals surface area contributed by atoms with Crippen molar-refractivity contribution in [3.63, 3.8) is 0 Å². The number of hydrogen-bond acceptors (Lipinski definition) is 5. The van der Waals surface area contributed by atoms with E-state index < -0.39 is 24.4 Å². The van der Waals surface area contributed by atoms with Gasteiger partial charge in [-0.25, -0.2) is 0 Å². The highest BCUT2D eigenvalue weighted by atomic mass is 16.6. The highest BCUT2D eigenvalue weighted by Gasteiger charge is 2.39. The molecule has 0 radical (unpaired) electrons. The average Bonchev–Trinajstić information content (AvgIpc) is 2.75. The average molecular weight is 429 g/mol. The topological polar surface area (TPSA) is 79.2 Å². The Morgan fingerprint density at radius 2 is 1.30 bits per heavy atom. The molecule has 0 bridgehead atoms. The van der Waals surface area contributed by atoms with Crippen molar-refractivity contribution in [2.75, 3.05) is 19.8 Å². The number of allylic oxidation sites excluding steroid dienone is 2. The van der Waals surface area contributed by atoms with Crippen molar-refractivity contribution in [3.05, 3.63) is 12.2 Å². The van der Waals surface area contributed by atoms with Gasteiger partial charge in [-0.05, 0) is 26.2 Å². The predicted molar refractivity (Wildman–Crippen MR) is 123 cm³/mol. The quantitative estimate of drug-likeness (QED) is 0.201. The molecule has 1 fully saturated rings. The summed E-state index contributed by atoms with van der Waals surface area (Å²) in [7, 11) is 0. The Bertz CT molecular complexity index is 399. The lowest BCUT2D eigenvalue weighted by molar-refractivity contribution is -0.211. The second kappa shape index (κ2) is 19.2. The van der Waals surface area contributed by atoms with Gasteiger partial charge in [-0.3, -0.25) is 0 Å². The zero-order valence-electron chi connectivity index (χ0n) is 19.4. The first kappa shape index (κ1) is 27.6. The number of ether oxygens (including phenoxy) is 2. The van der Waals surface area contributed by atoms with Crippen molar-refractivity contribution < 1.29 is 24.8 Å². The van der Waals surface area contributed by atoms with Crippen molar-refractivity contribution in [1.29, 1.82) is 0 Å². The first-order valence-electron chi connectivity index (χ1n) is 12.5. The molecule has 3 N–H and O–H groups in total. The van der Waals surface area contributed by atoms with E-state index in [2.05, 4.69) is 19.1 Å². The lowest BCUT2D eigenvalue weighted by Gasteiger charge is -2.37. The third kappa shape index (κ3) is 13.1. The smallest absolute Gasteiger partial charge is 0.114 e. The summed E-state index contributed by atoms with van der Waals surface area (Å²) in [6.45, 7) is 2.47. The van der Waals surface area contributed by atoms with Crippen LogP contribution in [-0.4, -0.2) is 59.6 Å². The number of unbranched alkanes of at least 4 members (excludes halogenated alkanes) is 14. The molecule has 0 aromatic carbocycles. The zero-order valence-corrected chi connectivity index (χ0v) is 19.4. The van der Waals surface area contributed by atoms with Crippen LogP contribution < -0.4 is 0 Å². The van der Waals surface area contributed by atoms with Crippen LogP contribution in [0.2, 0.25) is 0 Å². The van der Waals surface area contributed by atoms with Crippen molar-refractivity contribution in [2.24, 2.45) is 0 Å². The van der Waals surface area contributed by atoms with Crippen molar-refractivity contribution in [1.82, 2.24) is 0 Å². The maximum absolute atomic E-state index is 10.0. The summed E-state index contributed by atoms with van der Waals surface area (Å²) in [5.74, 6) is 0. The standard InChI is InChI=1S/C25H48O5/c1-2-3-4-5-6-7-8-9-10-11-12-13-14-15-16-17-18-19-29-25-23(20-26)30-21-22(27)24(25)28/h2-3,22-28H,4-21H2,1H3/b3-2+/t22-,23+,24+,25+/m1/s1. The summed E-state index contributed by atoms with van der Waals surface area (Å²) in [6.07, 6.45) is 20.8. The van der Waals surface area contributed by atoms with Gasteiger partial charge in [0.1, 0.15) is 24.4 Å². The summed E-state index contributed by atoms with van der Waals surface area (Å²) >= 11 is 0.